The van der Waals surface area contributed by atoms with E-state index >= 15 is 0 Å². The highest BCUT2D eigenvalue weighted by Gasteiger charge is 2.16. The van der Waals surface area contributed by atoms with Crippen LogP contribution < -0.4 is 5.56 Å². The molecule has 1 heterocycles. The molecule has 0 aliphatic heterocycles. The average molecular weight is 316 g/mol. The zero-order chi connectivity index (χ0) is 17.0. The molecule has 23 heavy (non-hydrogen) atoms. The molecule has 0 fully saturated rings. The minimum absolute atomic E-state index is 0.247. The van der Waals surface area contributed by atoms with Crippen molar-refractivity contribution in [3.05, 3.63) is 46.4 Å². The highest BCUT2D eigenvalue weighted by Crippen LogP contribution is 2.21. The Morgan fingerprint density at radius 2 is 1.91 bits per heavy atom. The number of rotatable bonds is 6. The van der Waals surface area contributed by atoms with Gasteiger partial charge in [-0.05, 0) is 32.9 Å². The molecule has 0 unspecified atom stereocenters. The van der Waals surface area contributed by atoms with Crippen molar-refractivity contribution >= 4 is 22.5 Å². The summed E-state index contributed by atoms with van der Waals surface area (Å²) in [7, 11) is 0. The van der Waals surface area contributed by atoms with Crippen LogP contribution in [0.1, 0.15) is 25.1 Å². The molecule has 1 aromatic heterocycles. The molecule has 0 saturated heterocycles. The van der Waals surface area contributed by atoms with Crippen LogP contribution in [0, 0.1) is 6.92 Å². The Morgan fingerprint density at radius 3 is 2.57 bits per heavy atom. The van der Waals surface area contributed by atoms with Gasteiger partial charge in [0, 0.05) is 5.39 Å². The van der Waals surface area contributed by atoms with E-state index in [0.29, 0.717) is 28.8 Å². The minimum atomic E-state index is -0.512. The number of benzene rings is 1. The normalized spacial score (nSPS) is 10.6. The van der Waals surface area contributed by atoms with Crippen LogP contribution in [0.5, 0.6) is 0 Å². The Bertz CT molecular complexity index is 808. The van der Waals surface area contributed by atoms with Crippen LogP contribution in [0.3, 0.4) is 0 Å². The highest BCUT2D eigenvalue weighted by atomic mass is 16.5. The second-order valence-electron chi connectivity index (χ2n) is 5.02. The fourth-order valence-electron chi connectivity index (χ4n) is 2.28. The summed E-state index contributed by atoms with van der Waals surface area (Å²) in [5, 5.41) is 5.39. The van der Waals surface area contributed by atoms with E-state index in [2.05, 4.69) is 11.7 Å². The Labute approximate surface area is 134 Å². The van der Waals surface area contributed by atoms with Crippen LogP contribution in [0.15, 0.2) is 29.6 Å². The molecule has 0 atom stereocenters. The van der Waals surface area contributed by atoms with E-state index in [4.69, 9.17) is 9.47 Å². The number of esters is 1. The van der Waals surface area contributed by atoms with Crippen molar-refractivity contribution in [2.24, 2.45) is 0 Å². The van der Waals surface area contributed by atoms with Crippen LogP contribution in [0.2, 0.25) is 0 Å². The molecule has 0 radical (unpaired) electrons. The third-order valence-corrected chi connectivity index (χ3v) is 3.28. The predicted octanol–water partition coefficient (Wildman–Crippen LogP) is 2.28. The first kappa shape index (κ1) is 16.7. The summed E-state index contributed by atoms with van der Waals surface area (Å²) >= 11 is 0. The van der Waals surface area contributed by atoms with Crippen molar-refractivity contribution < 1.29 is 14.3 Å². The number of nitrogens with zero attached hydrogens (tertiary/aromatic N) is 2. The second kappa shape index (κ2) is 7.09. The van der Waals surface area contributed by atoms with Gasteiger partial charge in [-0.1, -0.05) is 18.2 Å². The van der Waals surface area contributed by atoms with Crippen molar-refractivity contribution in [3.8, 4) is 0 Å². The van der Waals surface area contributed by atoms with Crippen LogP contribution in [0.4, 0.5) is 0 Å². The molecule has 1 aromatic carbocycles. The summed E-state index contributed by atoms with van der Waals surface area (Å²) in [5.74, 6) is -0.151. The molecule has 0 saturated carbocycles. The van der Waals surface area contributed by atoms with Crippen molar-refractivity contribution in [2.75, 3.05) is 13.2 Å². The average Bonchev–Trinajstić information content (AvgIpc) is 2.50. The van der Waals surface area contributed by atoms with E-state index < -0.39 is 5.97 Å². The Hall–Kier alpha value is -2.63. The molecule has 0 spiro atoms. The molecular weight excluding hydrogens is 296 g/mol. The predicted molar refractivity (Wildman–Crippen MR) is 88.0 cm³/mol. The van der Waals surface area contributed by atoms with Gasteiger partial charge >= 0.3 is 5.97 Å². The Kier molecular flexibility index (Phi) is 5.16. The van der Waals surface area contributed by atoms with E-state index in [1.165, 1.54) is 0 Å². The standard InChI is InChI=1S/C17H20N2O4/c1-5-22-12(4)16-14-9-11(3)7-8-13(14)17(21)19(18-16)10-15(20)23-6-2/h7-9H,4-6,10H2,1-3H3. The molecule has 0 N–H and O–H groups in total. The van der Waals surface area contributed by atoms with Crippen molar-refractivity contribution in [1.82, 2.24) is 9.78 Å². The summed E-state index contributed by atoms with van der Waals surface area (Å²) < 4.78 is 11.4. The number of aryl methyl sites for hydroxylation is 1. The zero-order valence-corrected chi connectivity index (χ0v) is 13.6. The van der Waals surface area contributed by atoms with Gasteiger partial charge in [0.15, 0.2) is 0 Å². The molecule has 0 aliphatic carbocycles. The van der Waals surface area contributed by atoms with Gasteiger partial charge in [0.05, 0.1) is 18.6 Å². The summed E-state index contributed by atoms with van der Waals surface area (Å²) in [4.78, 5) is 24.2. The molecule has 0 bridgehead atoms. The summed E-state index contributed by atoms with van der Waals surface area (Å²) in [6.45, 7) is 9.78. The van der Waals surface area contributed by atoms with Crippen LogP contribution in [-0.4, -0.2) is 29.0 Å². The summed E-state index contributed by atoms with van der Waals surface area (Å²) in [5.41, 5.74) is 1.10. The highest BCUT2D eigenvalue weighted by molar-refractivity contribution is 5.90. The van der Waals surface area contributed by atoms with E-state index in [1.807, 2.05) is 26.0 Å². The van der Waals surface area contributed by atoms with Crippen LogP contribution in [0.25, 0.3) is 16.5 Å². The first-order valence-corrected chi connectivity index (χ1v) is 7.47. The maximum absolute atomic E-state index is 12.5. The van der Waals surface area contributed by atoms with Gasteiger partial charge in [-0.15, -0.1) is 0 Å². The third-order valence-electron chi connectivity index (χ3n) is 3.28. The van der Waals surface area contributed by atoms with Gasteiger partial charge in [-0.25, -0.2) is 4.68 Å². The number of fused-ring (bicyclic) bond motifs is 1. The molecule has 2 aromatic rings. The minimum Gasteiger partial charge on any atom is -0.492 e. The Morgan fingerprint density at radius 1 is 1.22 bits per heavy atom. The van der Waals surface area contributed by atoms with Gasteiger partial charge in [0.1, 0.15) is 18.0 Å². The molecular formula is C17H20N2O4. The number of ether oxygens (including phenoxy) is 2. The van der Waals surface area contributed by atoms with Gasteiger partial charge < -0.3 is 9.47 Å². The SMILES string of the molecule is C=C(OCC)c1nn(CC(=O)OCC)c(=O)c2ccc(C)cc12. The maximum atomic E-state index is 12.5. The molecule has 6 heteroatoms. The first-order valence-electron chi connectivity index (χ1n) is 7.47. The van der Waals surface area contributed by atoms with Crippen molar-refractivity contribution in [2.45, 2.75) is 27.3 Å². The molecule has 0 amide bonds. The number of hydrogen-bond donors (Lipinski definition) is 0. The summed E-state index contributed by atoms with van der Waals surface area (Å²) in [6, 6.07) is 5.42. The second-order valence-corrected chi connectivity index (χ2v) is 5.02. The van der Waals surface area contributed by atoms with Gasteiger partial charge in [0.25, 0.3) is 5.56 Å². The lowest BCUT2D eigenvalue weighted by atomic mass is 10.1. The van der Waals surface area contributed by atoms with Crippen LogP contribution in [-0.2, 0) is 20.8 Å². The molecule has 0 aliphatic rings. The largest absolute Gasteiger partial charge is 0.492 e. The zero-order valence-electron chi connectivity index (χ0n) is 13.6. The molecule has 6 nitrogen and oxygen atoms in total. The lowest BCUT2D eigenvalue weighted by Crippen LogP contribution is -2.29. The number of hydrogen-bond acceptors (Lipinski definition) is 5. The Balaban J connectivity index is 2.63. The van der Waals surface area contributed by atoms with Gasteiger partial charge in [-0.3, -0.25) is 9.59 Å². The fourth-order valence-corrected chi connectivity index (χ4v) is 2.28. The quantitative estimate of drug-likeness (QED) is 0.604. The number of carbonyl (C=O) groups excluding carboxylic acids is 1. The molecule has 2 rings (SSSR count). The number of carbonyl (C=O) groups is 1. The number of aromatic nitrogens is 2. The van der Waals surface area contributed by atoms with E-state index in [1.54, 1.807) is 13.0 Å². The van der Waals surface area contributed by atoms with Gasteiger partial charge in [-0.2, -0.15) is 5.10 Å². The lowest BCUT2D eigenvalue weighted by molar-refractivity contribution is -0.144. The van der Waals surface area contributed by atoms with Crippen LogP contribution >= 0.6 is 0 Å². The van der Waals surface area contributed by atoms with Crippen molar-refractivity contribution in [1.29, 1.82) is 0 Å². The first-order chi connectivity index (χ1) is 11.0. The lowest BCUT2D eigenvalue weighted by Gasteiger charge is -2.13. The third kappa shape index (κ3) is 3.59. The van der Waals surface area contributed by atoms with Crippen molar-refractivity contribution in [3.63, 3.8) is 0 Å². The molecule has 122 valence electrons. The monoisotopic (exact) mass is 316 g/mol. The summed E-state index contributed by atoms with van der Waals surface area (Å²) in [6.07, 6.45) is 0. The smallest absolute Gasteiger partial charge is 0.327 e. The van der Waals surface area contributed by atoms with E-state index in [0.717, 1.165) is 10.2 Å². The van der Waals surface area contributed by atoms with E-state index in [9.17, 15) is 9.59 Å². The fraction of sp³-hybridized carbons (Fsp3) is 0.353. The topological polar surface area (TPSA) is 70.4 Å². The van der Waals surface area contributed by atoms with E-state index in [-0.39, 0.29) is 18.7 Å². The maximum Gasteiger partial charge on any atom is 0.327 e. The van der Waals surface area contributed by atoms with Gasteiger partial charge in [0.2, 0.25) is 0 Å².